The minimum Gasteiger partial charge on any atom is -0.392 e. The second-order valence-electron chi connectivity index (χ2n) is 5.94. The molecule has 0 aliphatic heterocycles. The van der Waals surface area contributed by atoms with Crippen LogP contribution in [0.15, 0.2) is 69.0 Å². The van der Waals surface area contributed by atoms with E-state index in [1.54, 1.807) is 17.6 Å². The van der Waals surface area contributed by atoms with Gasteiger partial charge in [0.25, 0.3) is 5.56 Å². The summed E-state index contributed by atoms with van der Waals surface area (Å²) in [6.45, 7) is 1.89. The van der Waals surface area contributed by atoms with Gasteiger partial charge in [0.1, 0.15) is 0 Å². The lowest BCUT2D eigenvalue weighted by molar-refractivity contribution is 0.168. The summed E-state index contributed by atoms with van der Waals surface area (Å²) >= 11 is 4.88. The molecule has 0 radical (unpaired) electrons. The molecule has 1 unspecified atom stereocenters. The van der Waals surface area contributed by atoms with Crippen LogP contribution < -0.4 is 5.56 Å². The number of aliphatic hydroxyl groups excluding tert-OH is 1. The summed E-state index contributed by atoms with van der Waals surface area (Å²) in [5.41, 5.74) is 1.66. The first-order valence-electron chi connectivity index (χ1n) is 8.27. The molecule has 0 bridgehead atoms. The van der Waals surface area contributed by atoms with Gasteiger partial charge in [-0.2, -0.15) is 0 Å². The average Bonchev–Trinajstić information content (AvgIpc) is 2.63. The van der Waals surface area contributed by atoms with Crippen molar-refractivity contribution in [2.75, 3.05) is 5.75 Å². The summed E-state index contributed by atoms with van der Waals surface area (Å²) < 4.78 is 2.39. The minimum absolute atomic E-state index is 0.133. The van der Waals surface area contributed by atoms with Crippen molar-refractivity contribution in [3.05, 3.63) is 75.0 Å². The molecule has 1 aromatic heterocycles. The Labute approximate surface area is 164 Å². The van der Waals surface area contributed by atoms with Crippen LogP contribution in [0.4, 0.5) is 0 Å². The largest absolute Gasteiger partial charge is 0.392 e. The van der Waals surface area contributed by atoms with Crippen molar-refractivity contribution < 1.29 is 5.11 Å². The van der Waals surface area contributed by atoms with E-state index in [0.717, 1.165) is 10.0 Å². The molecular formula is C20H19BrN2O2S. The molecular weight excluding hydrogens is 412 g/mol. The summed E-state index contributed by atoms with van der Waals surface area (Å²) in [6.07, 6.45) is 3.46. The number of rotatable bonds is 6. The molecule has 26 heavy (non-hydrogen) atoms. The highest BCUT2D eigenvalue weighted by molar-refractivity contribution is 9.10. The molecule has 4 nitrogen and oxygen atoms in total. The number of aliphatic hydroxyl groups is 1. The lowest BCUT2D eigenvalue weighted by atomic mass is 10.2. The third-order valence-electron chi connectivity index (χ3n) is 3.75. The van der Waals surface area contributed by atoms with Gasteiger partial charge in [-0.05, 0) is 30.7 Å². The number of fused-ring (bicyclic) bond motifs is 1. The minimum atomic E-state index is -0.627. The van der Waals surface area contributed by atoms with Gasteiger partial charge in [0.15, 0.2) is 5.16 Å². The maximum absolute atomic E-state index is 12.9. The van der Waals surface area contributed by atoms with Gasteiger partial charge in [-0.25, -0.2) is 4.98 Å². The highest BCUT2D eigenvalue weighted by Gasteiger charge is 2.13. The van der Waals surface area contributed by atoms with Crippen LogP contribution in [0.1, 0.15) is 12.5 Å². The monoisotopic (exact) mass is 430 g/mol. The molecule has 0 aliphatic rings. The number of nitrogens with zero attached hydrogens (tertiary/aromatic N) is 2. The molecule has 3 rings (SSSR count). The normalized spacial score (nSPS) is 12.7. The molecule has 0 aliphatic carbocycles. The van der Waals surface area contributed by atoms with Crippen molar-refractivity contribution in [2.45, 2.75) is 24.7 Å². The second-order valence-corrected chi connectivity index (χ2v) is 7.85. The summed E-state index contributed by atoms with van der Waals surface area (Å²) in [7, 11) is 0. The Morgan fingerprint density at radius 1 is 1.27 bits per heavy atom. The topological polar surface area (TPSA) is 55.1 Å². The second kappa shape index (κ2) is 8.66. The van der Waals surface area contributed by atoms with E-state index in [1.807, 2.05) is 54.6 Å². The van der Waals surface area contributed by atoms with Crippen LogP contribution in [0, 0.1) is 0 Å². The van der Waals surface area contributed by atoms with Crippen molar-refractivity contribution in [2.24, 2.45) is 0 Å². The first-order chi connectivity index (χ1) is 12.5. The van der Waals surface area contributed by atoms with E-state index in [9.17, 15) is 9.90 Å². The highest BCUT2D eigenvalue weighted by Crippen LogP contribution is 2.21. The van der Waals surface area contributed by atoms with Crippen LogP contribution in [-0.4, -0.2) is 26.5 Å². The molecule has 0 amide bonds. The summed E-state index contributed by atoms with van der Waals surface area (Å²) in [6, 6.07) is 15.5. The standard InChI is InChI=1S/C20H19BrN2O2S/c1-14(24)13-23-19(25)17-12-16(21)9-10-18(17)22-20(23)26-11-5-8-15-6-3-2-4-7-15/h2-10,12,14,24H,11,13H2,1H3/b8-5+. The number of halogens is 1. The predicted octanol–water partition coefficient (Wildman–Crippen LogP) is 4.35. The number of hydrogen-bond donors (Lipinski definition) is 1. The molecule has 134 valence electrons. The van der Waals surface area contributed by atoms with E-state index in [4.69, 9.17) is 0 Å². The van der Waals surface area contributed by atoms with Crippen molar-refractivity contribution in [1.29, 1.82) is 0 Å². The molecule has 1 atom stereocenters. The molecule has 6 heteroatoms. The van der Waals surface area contributed by atoms with Crippen molar-refractivity contribution in [3.63, 3.8) is 0 Å². The first-order valence-corrected chi connectivity index (χ1v) is 10.0. The Balaban J connectivity index is 1.89. The van der Waals surface area contributed by atoms with Gasteiger partial charge in [0, 0.05) is 10.2 Å². The maximum atomic E-state index is 12.9. The number of benzene rings is 2. The summed E-state index contributed by atoms with van der Waals surface area (Å²) in [4.78, 5) is 17.5. The van der Waals surface area contributed by atoms with Gasteiger partial charge in [0.05, 0.1) is 23.6 Å². The Hall–Kier alpha value is -1.89. The predicted molar refractivity (Wildman–Crippen MR) is 112 cm³/mol. The van der Waals surface area contributed by atoms with E-state index in [-0.39, 0.29) is 12.1 Å². The zero-order valence-electron chi connectivity index (χ0n) is 14.3. The number of aromatic nitrogens is 2. The molecule has 0 saturated heterocycles. The van der Waals surface area contributed by atoms with Crippen LogP contribution in [0.3, 0.4) is 0 Å². The fourth-order valence-corrected chi connectivity index (χ4v) is 3.76. The Kier molecular flexibility index (Phi) is 6.29. The number of hydrogen-bond acceptors (Lipinski definition) is 4. The quantitative estimate of drug-likeness (QED) is 0.466. The maximum Gasteiger partial charge on any atom is 0.262 e. The van der Waals surface area contributed by atoms with Crippen molar-refractivity contribution in [3.8, 4) is 0 Å². The van der Waals surface area contributed by atoms with Crippen LogP contribution in [0.2, 0.25) is 0 Å². The average molecular weight is 431 g/mol. The van der Waals surface area contributed by atoms with Gasteiger partial charge in [-0.15, -0.1) is 0 Å². The Morgan fingerprint density at radius 3 is 2.77 bits per heavy atom. The van der Waals surface area contributed by atoms with Gasteiger partial charge in [-0.3, -0.25) is 9.36 Å². The SMILES string of the molecule is CC(O)Cn1c(SC/C=C/c2ccccc2)nc2ccc(Br)cc2c1=O. The van der Waals surface area contributed by atoms with E-state index in [0.29, 0.717) is 21.8 Å². The van der Waals surface area contributed by atoms with E-state index in [2.05, 4.69) is 20.9 Å². The smallest absolute Gasteiger partial charge is 0.262 e. The summed E-state index contributed by atoms with van der Waals surface area (Å²) in [5.74, 6) is 0.684. The molecule has 0 saturated carbocycles. The summed E-state index contributed by atoms with van der Waals surface area (Å²) in [5, 5.41) is 10.9. The van der Waals surface area contributed by atoms with E-state index < -0.39 is 6.10 Å². The first kappa shape index (κ1) is 18.9. The fourth-order valence-electron chi connectivity index (χ4n) is 2.58. The van der Waals surface area contributed by atoms with Crippen molar-refractivity contribution in [1.82, 2.24) is 9.55 Å². The van der Waals surface area contributed by atoms with E-state index in [1.165, 1.54) is 11.8 Å². The zero-order valence-corrected chi connectivity index (χ0v) is 16.7. The van der Waals surface area contributed by atoms with Crippen molar-refractivity contribution >= 4 is 44.7 Å². The lowest BCUT2D eigenvalue weighted by Gasteiger charge is -2.14. The molecule has 1 N–H and O–H groups in total. The number of thioether (sulfide) groups is 1. The fraction of sp³-hybridized carbons (Fsp3) is 0.200. The molecule has 1 heterocycles. The van der Waals surface area contributed by atoms with Gasteiger partial charge < -0.3 is 5.11 Å². The van der Waals surface area contributed by atoms with E-state index >= 15 is 0 Å². The van der Waals surface area contributed by atoms with Crippen LogP contribution in [0.25, 0.3) is 17.0 Å². The molecule has 3 aromatic rings. The Bertz CT molecular complexity index is 984. The molecule has 0 spiro atoms. The van der Waals surface area contributed by atoms with Crippen LogP contribution in [-0.2, 0) is 6.54 Å². The lowest BCUT2D eigenvalue weighted by Crippen LogP contribution is -2.27. The zero-order chi connectivity index (χ0) is 18.5. The molecule has 2 aromatic carbocycles. The Morgan fingerprint density at radius 2 is 2.04 bits per heavy atom. The van der Waals surface area contributed by atoms with Gasteiger partial charge >= 0.3 is 0 Å². The third-order valence-corrected chi connectivity index (χ3v) is 5.17. The van der Waals surface area contributed by atoms with Crippen LogP contribution in [0.5, 0.6) is 0 Å². The molecule has 0 fully saturated rings. The highest BCUT2D eigenvalue weighted by atomic mass is 79.9. The third kappa shape index (κ3) is 4.63. The van der Waals surface area contributed by atoms with Crippen LogP contribution >= 0.6 is 27.7 Å². The van der Waals surface area contributed by atoms with Gasteiger partial charge in [0.2, 0.25) is 0 Å². The van der Waals surface area contributed by atoms with Gasteiger partial charge in [-0.1, -0.05) is 70.2 Å².